The summed E-state index contributed by atoms with van der Waals surface area (Å²) in [7, 11) is 1.64. The van der Waals surface area contributed by atoms with E-state index in [1.807, 2.05) is 24.3 Å². The van der Waals surface area contributed by atoms with Gasteiger partial charge in [0.25, 0.3) is 0 Å². The molecule has 1 amide bonds. The van der Waals surface area contributed by atoms with Crippen LogP contribution >= 0.6 is 0 Å². The molecule has 9 heteroatoms. The lowest BCUT2D eigenvalue weighted by molar-refractivity contribution is -0.386. The predicted octanol–water partition coefficient (Wildman–Crippen LogP) is 2.37. The Morgan fingerprint density at radius 2 is 1.93 bits per heavy atom. The molecule has 1 atom stereocenters. The molecule has 0 spiro atoms. The molecule has 1 N–H and O–H groups in total. The number of methoxy groups -OCH3 is 1. The molecule has 2 heterocycles. The second kappa shape index (κ2) is 9.04. The number of nitrogens with one attached hydrogen (secondary N) is 1. The molecule has 1 aliphatic heterocycles. The Morgan fingerprint density at radius 3 is 2.48 bits per heavy atom. The highest BCUT2D eigenvalue weighted by Gasteiger charge is 2.25. The molecule has 9 nitrogen and oxygen atoms in total. The van der Waals surface area contributed by atoms with E-state index in [0.29, 0.717) is 17.9 Å². The van der Waals surface area contributed by atoms with Crippen molar-refractivity contribution >= 4 is 11.6 Å². The Bertz CT molecular complexity index is 872. The van der Waals surface area contributed by atoms with Gasteiger partial charge in [0.15, 0.2) is 0 Å². The molecule has 0 saturated carbocycles. The van der Waals surface area contributed by atoms with Crippen LogP contribution < -0.4 is 10.1 Å². The number of rotatable bonds is 8. The van der Waals surface area contributed by atoms with Gasteiger partial charge in [0.2, 0.25) is 5.91 Å². The van der Waals surface area contributed by atoms with Gasteiger partial charge in [0.1, 0.15) is 23.7 Å². The number of carbonyl (C=O) groups is 1. The second-order valence-electron chi connectivity index (χ2n) is 7.27. The highest BCUT2D eigenvalue weighted by molar-refractivity contribution is 5.76. The van der Waals surface area contributed by atoms with Crippen molar-refractivity contribution in [2.24, 2.45) is 0 Å². The van der Waals surface area contributed by atoms with E-state index in [2.05, 4.69) is 15.3 Å². The lowest BCUT2D eigenvalue weighted by atomic mass is 10.1. The minimum absolute atomic E-state index is 0.0361. The van der Waals surface area contributed by atoms with Crippen LogP contribution in [0.25, 0.3) is 0 Å². The molecule has 29 heavy (non-hydrogen) atoms. The van der Waals surface area contributed by atoms with Crippen LogP contribution in [0.3, 0.4) is 0 Å². The van der Waals surface area contributed by atoms with Gasteiger partial charge in [0, 0.05) is 6.54 Å². The van der Waals surface area contributed by atoms with E-state index in [-0.39, 0.29) is 24.2 Å². The average Bonchev–Trinajstić information content (AvgIpc) is 3.31. The fraction of sp³-hybridized carbons (Fsp3) is 0.500. The largest absolute Gasteiger partial charge is 0.497 e. The molecule has 0 unspecified atom stereocenters. The molecule has 1 saturated heterocycles. The number of benzene rings is 1. The van der Waals surface area contributed by atoms with E-state index in [0.717, 1.165) is 37.2 Å². The number of likely N-dealkylation sites (tertiary alicyclic amines) is 1. The Morgan fingerprint density at radius 1 is 1.28 bits per heavy atom. The van der Waals surface area contributed by atoms with Crippen LogP contribution in [0, 0.1) is 24.0 Å². The van der Waals surface area contributed by atoms with Crippen molar-refractivity contribution in [2.45, 2.75) is 39.3 Å². The molecular formula is C20H27N5O4. The third-order valence-corrected chi connectivity index (χ3v) is 5.39. The summed E-state index contributed by atoms with van der Waals surface area (Å²) in [6.07, 6.45) is 2.30. The number of ether oxygens (including phenoxy) is 1. The van der Waals surface area contributed by atoms with Crippen molar-refractivity contribution in [2.75, 3.05) is 26.7 Å². The number of aromatic nitrogens is 2. The van der Waals surface area contributed by atoms with E-state index < -0.39 is 4.92 Å². The molecule has 0 bridgehead atoms. The maximum atomic E-state index is 12.5. The average molecular weight is 401 g/mol. The molecule has 1 aromatic heterocycles. The standard InChI is InChI=1S/C20H27N5O4/c1-14-20(25(27)28)15(2)24(22-14)13-19(26)21-12-18(23-10-4-5-11-23)16-6-8-17(29-3)9-7-16/h6-9,18H,4-5,10-13H2,1-3H3,(H,21,26)/t18-/m1/s1. The molecule has 1 aliphatic rings. The minimum Gasteiger partial charge on any atom is -0.497 e. The lowest BCUT2D eigenvalue weighted by Crippen LogP contribution is -2.38. The van der Waals surface area contributed by atoms with Crippen LogP contribution in [-0.2, 0) is 11.3 Å². The third-order valence-electron chi connectivity index (χ3n) is 5.39. The summed E-state index contributed by atoms with van der Waals surface area (Å²) >= 11 is 0. The van der Waals surface area contributed by atoms with Crippen molar-refractivity contribution in [3.63, 3.8) is 0 Å². The van der Waals surface area contributed by atoms with E-state index in [1.54, 1.807) is 21.0 Å². The normalized spacial score (nSPS) is 15.3. The van der Waals surface area contributed by atoms with Crippen molar-refractivity contribution in [3.8, 4) is 5.75 Å². The van der Waals surface area contributed by atoms with Gasteiger partial charge in [-0.05, 0) is 57.5 Å². The maximum absolute atomic E-state index is 12.5. The summed E-state index contributed by atoms with van der Waals surface area (Å²) < 4.78 is 6.63. The van der Waals surface area contributed by atoms with Gasteiger partial charge in [-0.15, -0.1) is 0 Å². The van der Waals surface area contributed by atoms with Gasteiger partial charge < -0.3 is 10.1 Å². The first-order valence-electron chi connectivity index (χ1n) is 9.73. The van der Waals surface area contributed by atoms with Crippen LogP contribution in [0.1, 0.15) is 35.8 Å². The Hall–Kier alpha value is -2.94. The Labute approximate surface area is 169 Å². The lowest BCUT2D eigenvalue weighted by Gasteiger charge is -2.28. The van der Waals surface area contributed by atoms with Gasteiger partial charge in [-0.2, -0.15) is 5.10 Å². The number of aryl methyl sites for hydroxylation is 1. The number of amides is 1. The van der Waals surface area contributed by atoms with Crippen molar-refractivity contribution in [1.82, 2.24) is 20.0 Å². The number of carbonyl (C=O) groups excluding carboxylic acids is 1. The summed E-state index contributed by atoms with van der Waals surface area (Å²) in [5.41, 5.74) is 1.78. The molecule has 0 aliphatic carbocycles. The second-order valence-corrected chi connectivity index (χ2v) is 7.27. The minimum atomic E-state index is -0.459. The zero-order valence-corrected chi connectivity index (χ0v) is 17.1. The molecule has 156 valence electrons. The Kier molecular flexibility index (Phi) is 6.48. The quantitative estimate of drug-likeness (QED) is 0.538. The van der Waals surface area contributed by atoms with E-state index >= 15 is 0 Å². The monoisotopic (exact) mass is 401 g/mol. The van der Waals surface area contributed by atoms with Gasteiger partial charge in [0.05, 0.1) is 18.1 Å². The number of hydrogen-bond donors (Lipinski definition) is 1. The van der Waals surface area contributed by atoms with E-state index in [4.69, 9.17) is 4.74 Å². The SMILES string of the molecule is COc1ccc([C@@H](CNC(=O)Cn2nc(C)c([N+](=O)[O-])c2C)N2CCCC2)cc1. The maximum Gasteiger partial charge on any atom is 0.312 e. The smallest absolute Gasteiger partial charge is 0.312 e. The summed E-state index contributed by atoms with van der Waals surface area (Å²) in [4.78, 5) is 25.6. The van der Waals surface area contributed by atoms with Crippen LogP contribution in [0.4, 0.5) is 5.69 Å². The van der Waals surface area contributed by atoms with Crippen molar-refractivity contribution in [3.05, 3.63) is 51.3 Å². The molecule has 3 rings (SSSR count). The van der Waals surface area contributed by atoms with Crippen LogP contribution in [-0.4, -0.2) is 52.3 Å². The van der Waals surface area contributed by atoms with Crippen LogP contribution in [0.15, 0.2) is 24.3 Å². The first-order valence-corrected chi connectivity index (χ1v) is 9.73. The van der Waals surface area contributed by atoms with Gasteiger partial charge in [-0.1, -0.05) is 12.1 Å². The zero-order chi connectivity index (χ0) is 21.0. The highest BCUT2D eigenvalue weighted by atomic mass is 16.6. The van der Waals surface area contributed by atoms with Crippen LogP contribution in [0.2, 0.25) is 0 Å². The number of hydrogen-bond acceptors (Lipinski definition) is 6. The van der Waals surface area contributed by atoms with Crippen molar-refractivity contribution < 1.29 is 14.5 Å². The summed E-state index contributed by atoms with van der Waals surface area (Å²) in [5, 5.41) is 18.3. The van der Waals surface area contributed by atoms with Crippen molar-refractivity contribution in [1.29, 1.82) is 0 Å². The first-order chi connectivity index (χ1) is 13.9. The predicted molar refractivity (Wildman–Crippen MR) is 108 cm³/mol. The molecule has 1 aromatic carbocycles. The summed E-state index contributed by atoms with van der Waals surface area (Å²) in [6.45, 7) is 5.59. The topological polar surface area (TPSA) is 103 Å². The van der Waals surface area contributed by atoms with Gasteiger partial charge >= 0.3 is 5.69 Å². The summed E-state index contributed by atoms with van der Waals surface area (Å²) in [6, 6.07) is 7.98. The summed E-state index contributed by atoms with van der Waals surface area (Å²) in [5.74, 6) is 0.576. The molecule has 1 fully saturated rings. The number of nitrogens with zero attached hydrogens (tertiary/aromatic N) is 4. The fourth-order valence-corrected chi connectivity index (χ4v) is 3.85. The van der Waals surface area contributed by atoms with Gasteiger partial charge in [-0.25, -0.2) is 0 Å². The zero-order valence-electron chi connectivity index (χ0n) is 17.1. The highest BCUT2D eigenvalue weighted by Crippen LogP contribution is 2.26. The van der Waals surface area contributed by atoms with E-state index in [9.17, 15) is 14.9 Å². The van der Waals surface area contributed by atoms with Gasteiger partial charge in [-0.3, -0.25) is 24.5 Å². The molecule has 0 radical (unpaired) electrons. The molecule has 2 aromatic rings. The first kappa shape index (κ1) is 20.8. The molecular weight excluding hydrogens is 374 g/mol. The van der Waals surface area contributed by atoms with Crippen LogP contribution in [0.5, 0.6) is 5.75 Å². The third kappa shape index (κ3) is 4.73. The number of nitro groups is 1. The fourth-order valence-electron chi connectivity index (χ4n) is 3.85. The van der Waals surface area contributed by atoms with E-state index in [1.165, 1.54) is 4.68 Å². The Balaban J connectivity index is 1.68.